The largest absolute Gasteiger partial charge is 0.393 e. The number of ether oxygens (including phenoxy) is 1. The van der Waals surface area contributed by atoms with Crippen molar-refractivity contribution in [3.05, 3.63) is 12.2 Å². The molecule has 2 nitrogen and oxygen atoms in total. The normalized spacial score (nSPS) is 49.2. The molecular formula is C30H52O2. The molecule has 1 aliphatic heterocycles. The number of aliphatic hydroxyl groups is 1. The van der Waals surface area contributed by atoms with Gasteiger partial charge in [-0.05, 0) is 105 Å². The highest BCUT2D eigenvalue weighted by Gasteiger charge is 2.58. The molecule has 2 heteroatoms. The van der Waals surface area contributed by atoms with Gasteiger partial charge in [-0.25, -0.2) is 0 Å². The molecule has 0 aromatic heterocycles. The summed E-state index contributed by atoms with van der Waals surface area (Å²) in [6, 6.07) is 0. The summed E-state index contributed by atoms with van der Waals surface area (Å²) in [6.07, 6.45) is 14.3. The molecule has 1 saturated heterocycles. The molecule has 3 aliphatic carbocycles. The standard InChI is InChI=1S/C30H52O2/c1-19(2)10-8-9-11-23-12-13-25-27(20(3)14-16-30(23,25)7)28-21(4)26-18-24(31)15-17-29(26,6)22(5)32-28/h19-20,22-28,31H,4,8-18H2,1-3,5-7H3/t20?,22-,23?,24?,25?,26?,27?,28?,29?,30?/m1/s1. The third kappa shape index (κ3) is 4.26. The van der Waals surface area contributed by atoms with Gasteiger partial charge in [-0.3, -0.25) is 0 Å². The fourth-order valence-electron chi connectivity index (χ4n) is 8.79. The first kappa shape index (κ1) is 24.8. The highest BCUT2D eigenvalue weighted by atomic mass is 16.5. The lowest BCUT2D eigenvalue weighted by Crippen LogP contribution is -2.57. The van der Waals surface area contributed by atoms with Crippen molar-refractivity contribution in [1.29, 1.82) is 0 Å². The van der Waals surface area contributed by atoms with Crippen LogP contribution in [0.5, 0.6) is 0 Å². The van der Waals surface area contributed by atoms with Crippen LogP contribution in [0.25, 0.3) is 0 Å². The molecule has 4 aliphatic rings. The van der Waals surface area contributed by atoms with Gasteiger partial charge < -0.3 is 9.84 Å². The maximum Gasteiger partial charge on any atom is 0.0822 e. The number of aliphatic hydroxyl groups excluding tert-OH is 1. The van der Waals surface area contributed by atoms with E-state index in [2.05, 4.69) is 41.5 Å². The number of unbranched alkanes of at least 4 members (excludes halogenated alkanes) is 1. The van der Waals surface area contributed by atoms with E-state index in [1.807, 2.05) is 0 Å². The fraction of sp³-hybridized carbons (Fsp3) is 0.933. The van der Waals surface area contributed by atoms with Crippen LogP contribution in [0.2, 0.25) is 0 Å². The third-order valence-electron chi connectivity index (χ3n) is 11.2. The molecule has 10 atom stereocenters. The van der Waals surface area contributed by atoms with E-state index in [1.165, 1.54) is 56.9 Å². The third-order valence-corrected chi connectivity index (χ3v) is 11.2. The van der Waals surface area contributed by atoms with E-state index in [0.29, 0.717) is 23.2 Å². The van der Waals surface area contributed by atoms with E-state index in [1.54, 1.807) is 0 Å². The minimum atomic E-state index is -0.161. The number of rotatable bonds is 6. The Bertz CT molecular complexity index is 670. The number of hydrogen-bond acceptors (Lipinski definition) is 2. The number of hydrogen-bond donors (Lipinski definition) is 1. The Balaban J connectivity index is 1.51. The van der Waals surface area contributed by atoms with Crippen molar-refractivity contribution in [2.24, 2.45) is 46.3 Å². The SMILES string of the molecule is C=C1C(C2C(C)CCC3(C)C(CCCCC(C)C)CCC23)O[C@H](C)C2(C)CCC(O)CC12. The molecule has 32 heavy (non-hydrogen) atoms. The zero-order valence-corrected chi connectivity index (χ0v) is 22.0. The van der Waals surface area contributed by atoms with Gasteiger partial charge in [-0.1, -0.05) is 60.5 Å². The van der Waals surface area contributed by atoms with Crippen LogP contribution in [0.4, 0.5) is 0 Å². The van der Waals surface area contributed by atoms with Gasteiger partial charge in [0.1, 0.15) is 0 Å². The molecule has 4 fully saturated rings. The fourth-order valence-corrected chi connectivity index (χ4v) is 8.79. The van der Waals surface area contributed by atoms with Crippen LogP contribution in [0.1, 0.15) is 112 Å². The summed E-state index contributed by atoms with van der Waals surface area (Å²) < 4.78 is 6.95. The molecule has 4 rings (SSSR count). The van der Waals surface area contributed by atoms with Crippen molar-refractivity contribution in [1.82, 2.24) is 0 Å². The van der Waals surface area contributed by atoms with Crippen LogP contribution in [0, 0.1) is 46.3 Å². The second kappa shape index (κ2) is 9.37. The summed E-state index contributed by atoms with van der Waals surface area (Å²) in [6.45, 7) is 19.2. The lowest BCUT2D eigenvalue weighted by Gasteiger charge is -2.58. The Hall–Kier alpha value is -0.340. The van der Waals surface area contributed by atoms with Crippen molar-refractivity contribution < 1.29 is 9.84 Å². The molecule has 0 aromatic rings. The van der Waals surface area contributed by atoms with E-state index in [0.717, 1.165) is 37.0 Å². The lowest BCUT2D eigenvalue weighted by molar-refractivity contribution is -0.174. The van der Waals surface area contributed by atoms with Crippen molar-refractivity contribution in [3.8, 4) is 0 Å². The summed E-state index contributed by atoms with van der Waals surface area (Å²) in [5.41, 5.74) is 1.95. The zero-order valence-electron chi connectivity index (χ0n) is 22.0. The second-order valence-electron chi connectivity index (χ2n) is 13.4. The van der Waals surface area contributed by atoms with Gasteiger partial charge in [0.05, 0.1) is 18.3 Å². The predicted molar refractivity (Wildman–Crippen MR) is 134 cm³/mol. The van der Waals surface area contributed by atoms with Crippen LogP contribution in [0.15, 0.2) is 12.2 Å². The van der Waals surface area contributed by atoms with Crippen molar-refractivity contribution in [2.45, 2.75) is 130 Å². The molecular weight excluding hydrogens is 392 g/mol. The number of fused-ring (bicyclic) bond motifs is 2. The Morgan fingerprint density at radius 1 is 1.03 bits per heavy atom. The first-order chi connectivity index (χ1) is 15.1. The van der Waals surface area contributed by atoms with E-state index in [-0.39, 0.29) is 23.7 Å². The Kier molecular flexibility index (Phi) is 7.25. The second-order valence-corrected chi connectivity index (χ2v) is 13.4. The van der Waals surface area contributed by atoms with Gasteiger partial charge in [0, 0.05) is 5.41 Å². The van der Waals surface area contributed by atoms with Crippen LogP contribution >= 0.6 is 0 Å². The van der Waals surface area contributed by atoms with Crippen LogP contribution in [-0.4, -0.2) is 23.4 Å². The van der Waals surface area contributed by atoms with Crippen molar-refractivity contribution in [3.63, 3.8) is 0 Å². The van der Waals surface area contributed by atoms with Crippen molar-refractivity contribution >= 4 is 0 Å². The van der Waals surface area contributed by atoms with E-state index in [9.17, 15) is 5.11 Å². The van der Waals surface area contributed by atoms with Gasteiger partial charge in [0.15, 0.2) is 0 Å². The highest BCUT2D eigenvalue weighted by molar-refractivity contribution is 5.22. The minimum Gasteiger partial charge on any atom is -0.393 e. The average molecular weight is 445 g/mol. The summed E-state index contributed by atoms with van der Waals surface area (Å²) in [5, 5.41) is 10.5. The molecule has 1 heterocycles. The molecule has 0 spiro atoms. The maximum atomic E-state index is 10.5. The first-order valence-electron chi connectivity index (χ1n) is 14.1. The van der Waals surface area contributed by atoms with Crippen LogP contribution in [-0.2, 0) is 4.74 Å². The Labute approximate surface area is 199 Å². The molecule has 0 aromatic carbocycles. The van der Waals surface area contributed by atoms with Crippen molar-refractivity contribution in [2.75, 3.05) is 0 Å². The molecule has 184 valence electrons. The smallest absolute Gasteiger partial charge is 0.0822 e. The minimum absolute atomic E-state index is 0.142. The van der Waals surface area contributed by atoms with E-state index in [4.69, 9.17) is 11.3 Å². The monoisotopic (exact) mass is 444 g/mol. The predicted octanol–water partition coefficient (Wildman–Crippen LogP) is 7.79. The summed E-state index contributed by atoms with van der Waals surface area (Å²) in [4.78, 5) is 0. The van der Waals surface area contributed by atoms with Gasteiger partial charge in [-0.15, -0.1) is 0 Å². The van der Waals surface area contributed by atoms with E-state index < -0.39 is 0 Å². The highest BCUT2D eigenvalue weighted by Crippen LogP contribution is 2.63. The maximum absolute atomic E-state index is 10.5. The quantitative estimate of drug-likeness (QED) is 0.334. The zero-order chi connectivity index (χ0) is 23.3. The van der Waals surface area contributed by atoms with Gasteiger partial charge >= 0.3 is 0 Å². The Morgan fingerprint density at radius 2 is 1.75 bits per heavy atom. The first-order valence-corrected chi connectivity index (χ1v) is 14.1. The van der Waals surface area contributed by atoms with Crippen LogP contribution in [0.3, 0.4) is 0 Å². The van der Waals surface area contributed by atoms with E-state index >= 15 is 0 Å². The molecule has 0 bridgehead atoms. The molecule has 3 saturated carbocycles. The molecule has 0 radical (unpaired) electrons. The molecule has 9 unspecified atom stereocenters. The van der Waals surface area contributed by atoms with Gasteiger partial charge in [0.25, 0.3) is 0 Å². The van der Waals surface area contributed by atoms with Gasteiger partial charge in [0.2, 0.25) is 0 Å². The topological polar surface area (TPSA) is 29.5 Å². The lowest BCUT2D eigenvalue weighted by atomic mass is 9.53. The summed E-state index contributed by atoms with van der Waals surface area (Å²) >= 11 is 0. The van der Waals surface area contributed by atoms with Gasteiger partial charge in [-0.2, -0.15) is 0 Å². The Morgan fingerprint density at radius 3 is 2.47 bits per heavy atom. The van der Waals surface area contributed by atoms with Crippen LogP contribution < -0.4 is 0 Å². The average Bonchev–Trinajstić information content (AvgIpc) is 3.06. The summed E-state index contributed by atoms with van der Waals surface area (Å²) in [7, 11) is 0. The molecule has 1 N–H and O–H groups in total. The summed E-state index contributed by atoms with van der Waals surface area (Å²) in [5.74, 6) is 4.22. The molecule has 0 amide bonds.